The molecule has 1 N–H and O–H groups in total. The maximum Gasteiger partial charge on any atom is 0.410 e. The van der Waals surface area contributed by atoms with Crippen molar-refractivity contribution in [2.24, 2.45) is 5.41 Å². The average molecular weight is 320 g/mol. The van der Waals surface area contributed by atoms with Crippen molar-refractivity contribution in [3.05, 3.63) is 35.9 Å². The fourth-order valence-corrected chi connectivity index (χ4v) is 2.43. The van der Waals surface area contributed by atoms with Crippen LogP contribution in [-0.2, 0) is 16.1 Å². The van der Waals surface area contributed by atoms with E-state index in [1.807, 2.05) is 30.3 Å². The number of hydrogen-bond acceptors (Lipinski definition) is 4. The van der Waals surface area contributed by atoms with Crippen molar-refractivity contribution < 1.29 is 14.3 Å². The number of rotatable bonds is 5. The van der Waals surface area contributed by atoms with Gasteiger partial charge in [0.15, 0.2) is 0 Å². The normalized spacial score (nSPS) is 18.7. The summed E-state index contributed by atoms with van der Waals surface area (Å²) in [5.41, 5.74) is 1.24. The van der Waals surface area contributed by atoms with Gasteiger partial charge in [-0.15, -0.1) is 0 Å². The Labute approximate surface area is 139 Å². The van der Waals surface area contributed by atoms with Gasteiger partial charge in [-0.1, -0.05) is 51.1 Å². The minimum absolute atomic E-state index is 0.0235. The minimum Gasteiger partial charge on any atom is -0.445 e. The zero-order chi connectivity index (χ0) is 16.7. The summed E-state index contributed by atoms with van der Waals surface area (Å²) in [7, 11) is 0. The van der Waals surface area contributed by atoms with Crippen LogP contribution >= 0.6 is 0 Å². The van der Waals surface area contributed by atoms with E-state index in [1.54, 1.807) is 4.90 Å². The number of nitrogens with one attached hydrogen (secondary N) is 1. The molecule has 1 atom stereocenters. The Morgan fingerprint density at radius 2 is 2.09 bits per heavy atom. The molecule has 0 aromatic heterocycles. The van der Waals surface area contributed by atoms with Crippen molar-refractivity contribution in [2.45, 2.75) is 33.5 Å². The van der Waals surface area contributed by atoms with E-state index >= 15 is 0 Å². The second-order valence-corrected chi connectivity index (χ2v) is 7.17. The lowest BCUT2D eigenvalue weighted by molar-refractivity contribution is -0.0275. The van der Waals surface area contributed by atoms with E-state index in [0.29, 0.717) is 26.3 Å². The van der Waals surface area contributed by atoms with Gasteiger partial charge in [-0.25, -0.2) is 4.79 Å². The molecule has 1 heterocycles. The fourth-order valence-electron chi connectivity index (χ4n) is 2.43. The van der Waals surface area contributed by atoms with Crippen molar-refractivity contribution in [3.63, 3.8) is 0 Å². The molecule has 1 aromatic carbocycles. The maximum atomic E-state index is 12.2. The maximum absolute atomic E-state index is 12.2. The zero-order valence-electron chi connectivity index (χ0n) is 14.4. The van der Waals surface area contributed by atoms with Gasteiger partial charge in [-0.2, -0.15) is 0 Å². The van der Waals surface area contributed by atoms with E-state index in [-0.39, 0.29) is 17.6 Å². The third kappa shape index (κ3) is 6.59. The Kier molecular flexibility index (Phi) is 6.42. The van der Waals surface area contributed by atoms with Gasteiger partial charge in [0, 0.05) is 19.6 Å². The van der Waals surface area contributed by atoms with E-state index in [1.165, 1.54) is 0 Å². The lowest BCUT2D eigenvalue weighted by atomic mass is 9.97. The first-order chi connectivity index (χ1) is 10.9. The standard InChI is InChI=1S/C18H28N2O3/c1-18(2,3)14-19-11-16-12-20(9-10-22-16)17(21)23-13-15-7-5-4-6-8-15/h4-8,16,19H,9-14H2,1-3H3. The SMILES string of the molecule is CC(C)(C)CNCC1CN(C(=O)OCc2ccccc2)CCO1. The first-order valence-corrected chi connectivity index (χ1v) is 8.22. The molecule has 1 aliphatic rings. The van der Waals surface area contributed by atoms with Crippen LogP contribution in [0.15, 0.2) is 30.3 Å². The molecule has 1 amide bonds. The van der Waals surface area contributed by atoms with Crippen LogP contribution < -0.4 is 5.32 Å². The van der Waals surface area contributed by atoms with Crippen LogP contribution in [0, 0.1) is 5.41 Å². The number of carbonyl (C=O) groups excluding carboxylic acids is 1. The summed E-state index contributed by atoms with van der Waals surface area (Å²) in [6.45, 7) is 10.3. The van der Waals surface area contributed by atoms with Crippen LogP contribution in [0.4, 0.5) is 4.79 Å². The number of benzene rings is 1. The number of ether oxygens (including phenoxy) is 2. The van der Waals surface area contributed by atoms with E-state index in [4.69, 9.17) is 9.47 Å². The van der Waals surface area contributed by atoms with Gasteiger partial charge in [0.05, 0.1) is 19.3 Å². The summed E-state index contributed by atoms with van der Waals surface area (Å²) in [6.07, 6.45) is -0.242. The van der Waals surface area contributed by atoms with Gasteiger partial charge >= 0.3 is 6.09 Å². The second-order valence-electron chi connectivity index (χ2n) is 7.17. The molecule has 0 spiro atoms. The van der Waals surface area contributed by atoms with Crippen LogP contribution in [-0.4, -0.2) is 49.9 Å². The molecule has 0 radical (unpaired) electrons. The third-order valence-electron chi connectivity index (χ3n) is 3.63. The van der Waals surface area contributed by atoms with E-state index in [0.717, 1.165) is 18.7 Å². The van der Waals surface area contributed by atoms with Gasteiger partial charge in [0.25, 0.3) is 0 Å². The summed E-state index contributed by atoms with van der Waals surface area (Å²) < 4.78 is 11.1. The van der Waals surface area contributed by atoms with Crippen molar-refractivity contribution in [1.82, 2.24) is 10.2 Å². The Bertz CT molecular complexity index is 485. The molecule has 1 aromatic rings. The van der Waals surface area contributed by atoms with Gasteiger partial charge in [0.2, 0.25) is 0 Å². The summed E-state index contributed by atoms with van der Waals surface area (Å²) >= 11 is 0. The minimum atomic E-state index is -0.266. The van der Waals surface area contributed by atoms with Crippen molar-refractivity contribution in [2.75, 3.05) is 32.8 Å². The zero-order valence-corrected chi connectivity index (χ0v) is 14.4. The summed E-state index contributed by atoms with van der Waals surface area (Å²) in [6, 6.07) is 9.73. The number of amides is 1. The Morgan fingerprint density at radius 3 is 2.78 bits per heavy atom. The number of nitrogens with zero attached hydrogens (tertiary/aromatic N) is 1. The van der Waals surface area contributed by atoms with Gasteiger partial charge < -0.3 is 19.7 Å². The van der Waals surface area contributed by atoms with Crippen LogP contribution in [0.5, 0.6) is 0 Å². The van der Waals surface area contributed by atoms with E-state index in [2.05, 4.69) is 26.1 Å². The van der Waals surface area contributed by atoms with Crippen molar-refractivity contribution in [1.29, 1.82) is 0 Å². The molecule has 5 nitrogen and oxygen atoms in total. The largest absolute Gasteiger partial charge is 0.445 e. The summed E-state index contributed by atoms with van der Waals surface area (Å²) in [5.74, 6) is 0. The van der Waals surface area contributed by atoms with Crippen LogP contribution in [0.1, 0.15) is 26.3 Å². The number of carbonyl (C=O) groups is 1. The highest BCUT2D eigenvalue weighted by atomic mass is 16.6. The molecule has 2 rings (SSSR count). The highest BCUT2D eigenvalue weighted by Crippen LogP contribution is 2.12. The van der Waals surface area contributed by atoms with Crippen molar-refractivity contribution in [3.8, 4) is 0 Å². The molecule has 5 heteroatoms. The molecular formula is C18H28N2O3. The van der Waals surface area contributed by atoms with Crippen LogP contribution in [0.2, 0.25) is 0 Å². The lowest BCUT2D eigenvalue weighted by Crippen LogP contribution is -2.49. The molecule has 0 aliphatic carbocycles. The smallest absolute Gasteiger partial charge is 0.410 e. The molecule has 1 aliphatic heterocycles. The monoisotopic (exact) mass is 320 g/mol. The van der Waals surface area contributed by atoms with Gasteiger partial charge in [-0.3, -0.25) is 0 Å². The first-order valence-electron chi connectivity index (χ1n) is 8.22. The molecule has 0 bridgehead atoms. The third-order valence-corrected chi connectivity index (χ3v) is 3.63. The fraction of sp³-hybridized carbons (Fsp3) is 0.611. The van der Waals surface area contributed by atoms with E-state index in [9.17, 15) is 4.79 Å². The number of hydrogen-bond donors (Lipinski definition) is 1. The highest BCUT2D eigenvalue weighted by Gasteiger charge is 2.25. The topological polar surface area (TPSA) is 50.8 Å². The Morgan fingerprint density at radius 1 is 1.35 bits per heavy atom. The summed E-state index contributed by atoms with van der Waals surface area (Å²) in [5, 5.41) is 3.41. The molecule has 1 fully saturated rings. The van der Waals surface area contributed by atoms with Gasteiger partial charge in [0.1, 0.15) is 6.61 Å². The van der Waals surface area contributed by atoms with Crippen LogP contribution in [0.3, 0.4) is 0 Å². The van der Waals surface area contributed by atoms with Gasteiger partial charge in [-0.05, 0) is 11.0 Å². The predicted molar refractivity (Wildman–Crippen MR) is 90.3 cm³/mol. The average Bonchev–Trinajstić information content (AvgIpc) is 2.53. The lowest BCUT2D eigenvalue weighted by Gasteiger charge is -2.33. The second kappa shape index (κ2) is 8.31. The Hall–Kier alpha value is -1.59. The molecular weight excluding hydrogens is 292 g/mol. The first kappa shape index (κ1) is 17.8. The van der Waals surface area contributed by atoms with E-state index < -0.39 is 0 Å². The van der Waals surface area contributed by atoms with Crippen molar-refractivity contribution >= 4 is 6.09 Å². The molecule has 128 valence electrons. The highest BCUT2D eigenvalue weighted by molar-refractivity contribution is 5.67. The molecule has 1 unspecified atom stereocenters. The predicted octanol–water partition coefficient (Wildman–Crippen LogP) is 2.66. The quantitative estimate of drug-likeness (QED) is 0.906. The number of morpholine rings is 1. The molecule has 23 heavy (non-hydrogen) atoms. The molecule has 1 saturated heterocycles. The van der Waals surface area contributed by atoms with Crippen LogP contribution in [0.25, 0.3) is 0 Å². The summed E-state index contributed by atoms with van der Waals surface area (Å²) in [4.78, 5) is 13.9. The molecule has 0 saturated carbocycles. The Balaban J connectivity index is 1.73.